The number of benzene rings is 1. The lowest BCUT2D eigenvalue weighted by molar-refractivity contribution is 0.566. The van der Waals surface area contributed by atoms with Crippen LogP contribution in [0, 0.1) is 0 Å². The summed E-state index contributed by atoms with van der Waals surface area (Å²) in [6, 6.07) is 8.44. The number of hydrogen-bond donors (Lipinski definition) is 1. The molecule has 0 spiro atoms. The average Bonchev–Trinajstić information content (AvgIpc) is 2.35. The van der Waals surface area contributed by atoms with Gasteiger partial charge in [-0.05, 0) is 36.3 Å². The Hall–Kier alpha value is -0.870. The molecule has 1 aromatic rings. The zero-order valence-corrected chi connectivity index (χ0v) is 14.2. The lowest BCUT2D eigenvalue weighted by atomic mass is 9.86. The van der Waals surface area contributed by atoms with E-state index in [1.165, 1.54) is 5.56 Å². The first-order chi connectivity index (χ1) is 9.04. The normalized spacial score (nSPS) is 14.6. The quantitative estimate of drug-likeness (QED) is 0.905. The monoisotopic (exact) mass is 297 g/mol. The van der Waals surface area contributed by atoms with Crippen molar-refractivity contribution in [2.45, 2.75) is 58.1 Å². The third kappa shape index (κ3) is 4.60. The highest BCUT2D eigenvalue weighted by molar-refractivity contribution is 7.90. The van der Waals surface area contributed by atoms with Crippen molar-refractivity contribution in [2.75, 3.05) is 6.54 Å². The van der Waals surface area contributed by atoms with E-state index < -0.39 is 15.3 Å². The maximum atomic E-state index is 11.7. The molecule has 0 aliphatic carbocycles. The predicted octanol–water partition coefficient (Wildman–Crippen LogP) is 3.42. The van der Waals surface area contributed by atoms with Crippen LogP contribution in [0.25, 0.3) is 0 Å². The van der Waals surface area contributed by atoms with Crippen LogP contribution in [0.1, 0.15) is 58.6 Å². The molecule has 0 heterocycles. The van der Waals surface area contributed by atoms with Gasteiger partial charge in [-0.15, -0.1) is 0 Å². The second-order valence-corrected chi connectivity index (χ2v) is 9.04. The van der Waals surface area contributed by atoms with Gasteiger partial charge < -0.3 is 0 Å². The van der Waals surface area contributed by atoms with Crippen molar-refractivity contribution < 1.29 is 8.42 Å². The topological polar surface area (TPSA) is 46.2 Å². The Morgan fingerprint density at radius 1 is 1.05 bits per heavy atom. The highest BCUT2D eigenvalue weighted by atomic mass is 32.2. The van der Waals surface area contributed by atoms with E-state index in [1.807, 2.05) is 6.92 Å². The molecule has 0 bridgehead atoms. The van der Waals surface area contributed by atoms with Crippen molar-refractivity contribution in [3.63, 3.8) is 0 Å². The molecule has 3 nitrogen and oxygen atoms in total. The number of rotatable bonds is 5. The molecule has 0 saturated heterocycles. The van der Waals surface area contributed by atoms with Gasteiger partial charge in [-0.1, -0.05) is 52.0 Å². The Labute approximate surface area is 123 Å². The fourth-order valence-corrected chi connectivity index (χ4v) is 2.65. The minimum Gasteiger partial charge on any atom is -0.214 e. The van der Waals surface area contributed by atoms with Gasteiger partial charge in [-0.2, -0.15) is 0 Å². The molecule has 1 N–H and O–H groups in total. The van der Waals surface area contributed by atoms with Gasteiger partial charge in [0.15, 0.2) is 0 Å². The van der Waals surface area contributed by atoms with E-state index in [0.717, 1.165) is 5.56 Å². The first kappa shape index (κ1) is 17.2. The van der Waals surface area contributed by atoms with Crippen LogP contribution in [0.5, 0.6) is 0 Å². The van der Waals surface area contributed by atoms with Crippen LogP contribution in [0.4, 0.5) is 0 Å². The van der Waals surface area contributed by atoms with Crippen LogP contribution in [0.2, 0.25) is 0 Å². The van der Waals surface area contributed by atoms with Crippen LogP contribution in [-0.2, 0) is 15.4 Å². The summed E-state index contributed by atoms with van der Waals surface area (Å²) in [4.78, 5) is 0. The second-order valence-electron chi connectivity index (χ2n) is 6.72. The first-order valence-corrected chi connectivity index (χ1v) is 8.67. The van der Waals surface area contributed by atoms with Crippen molar-refractivity contribution >= 4 is 10.0 Å². The van der Waals surface area contributed by atoms with Crippen LogP contribution < -0.4 is 4.72 Å². The molecular formula is C16H27NO2S. The molecule has 1 aromatic carbocycles. The number of hydrogen-bond acceptors (Lipinski definition) is 2. The van der Waals surface area contributed by atoms with Gasteiger partial charge in [0, 0.05) is 6.54 Å². The summed E-state index contributed by atoms with van der Waals surface area (Å²) in [6.07, 6.45) is 0. The first-order valence-electron chi connectivity index (χ1n) is 7.13. The summed E-state index contributed by atoms with van der Waals surface area (Å²) < 4.78 is 26.2. The molecule has 0 radical (unpaired) electrons. The molecule has 0 unspecified atom stereocenters. The van der Waals surface area contributed by atoms with Crippen molar-refractivity contribution in [2.24, 2.45) is 0 Å². The zero-order valence-electron chi connectivity index (χ0n) is 13.4. The molecule has 0 aromatic heterocycles. The second kappa shape index (κ2) is 6.27. The molecule has 114 valence electrons. The zero-order chi connectivity index (χ0) is 15.6. The van der Waals surface area contributed by atoms with Gasteiger partial charge in [0.2, 0.25) is 10.0 Å². The Morgan fingerprint density at radius 3 is 1.95 bits per heavy atom. The van der Waals surface area contributed by atoms with E-state index >= 15 is 0 Å². The maximum absolute atomic E-state index is 11.7. The lowest BCUT2D eigenvalue weighted by Crippen LogP contribution is -2.33. The molecule has 1 atom stereocenters. The summed E-state index contributed by atoms with van der Waals surface area (Å²) in [7, 11) is -3.18. The van der Waals surface area contributed by atoms with Gasteiger partial charge in [0.05, 0.1) is 5.25 Å². The standard InChI is InChI=1S/C16H27NO2S/c1-12(2)20(18,19)17-11-13(3)14-7-9-15(10-8-14)16(4,5)6/h7-10,12-13,17H,11H2,1-6H3/t13-/m1/s1. The fourth-order valence-electron chi connectivity index (χ4n) is 1.84. The van der Waals surface area contributed by atoms with Crippen LogP contribution in [0.3, 0.4) is 0 Å². The lowest BCUT2D eigenvalue weighted by Gasteiger charge is -2.20. The molecule has 1 rings (SSSR count). The highest BCUT2D eigenvalue weighted by Gasteiger charge is 2.18. The molecular weight excluding hydrogens is 270 g/mol. The minimum atomic E-state index is -3.18. The largest absolute Gasteiger partial charge is 0.214 e. The number of nitrogens with one attached hydrogen (secondary N) is 1. The third-order valence-electron chi connectivity index (χ3n) is 3.56. The van der Waals surface area contributed by atoms with Crippen molar-refractivity contribution in [3.05, 3.63) is 35.4 Å². The van der Waals surface area contributed by atoms with Gasteiger partial charge in [-0.3, -0.25) is 0 Å². The van der Waals surface area contributed by atoms with Gasteiger partial charge in [-0.25, -0.2) is 13.1 Å². The van der Waals surface area contributed by atoms with E-state index in [0.29, 0.717) is 6.54 Å². The van der Waals surface area contributed by atoms with Crippen molar-refractivity contribution in [1.29, 1.82) is 0 Å². The summed E-state index contributed by atoms with van der Waals surface area (Å²) in [6.45, 7) is 12.4. The molecule has 0 fully saturated rings. The Kier molecular flexibility index (Phi) is 5.39. The van der Waals surface area contributed by atoms with E-state index in [-0.39, 0.29) is 11.3 Å². The SMILES string of the molecule is CC(C)S(=O)(=O)NC[C@@H](C)c1ccc(C(C)(C)C)cc1. The highest BCUT2D eigenvalue weighted by Crippen LogP contribution is 2.24. The summed E-state index contributed by atoms with van der Waals surface area (Å²) >= 11 is 0. The molecule has 20 heavy (non-hydrogen) atoms. The molecule has 0 aliphatic heterocycles. The Balaban J connectivity index is 2.72. The van der Waals surface area contributed by atoms with Crippen LogP contribution >= 0.6 is 0 Å². The van der Waals surface area contributed by atoms with E-state index in [2.05, 4.69) is 49.8 Å². The summed E-state index contributed by atoms with van der Waals surface area (Å²) in [5.41, 5.74) is 2.58. The van der Waals surface area contributed by atoms with Crippen molar-refractivity contribution in [1.82, 2.24) is 4.72 Å². The molecule has 4 heteroatoms. The predicted molar refractivity (Wildman–Crippen MR) is 85.6 cm³/mol. The maximum Gasteiger partial charge on any atom is 0.213 e. The van der Waals surface area contributed by atoms with Gasteiger partial charge in [0.1, 0.15) is 0 Å². The Morgan fingerprint density at radius 2 is 1.55 bits per heavy atom. The fraction of sp³-hybridized carbons (Fsp3) is 0.625. The summed E-state index contributed by atoms with van der Waals surface area (Å²) in [5, 5.41) is -0.391. The molecule has 0 aliphatic rings. The van der Waals surface area contributed by atoms with Crippen molar-refractivity contribution in [3.8, 4) is 0 Å². The molecule has 0 saturated carbocycles. The average molecular weight is 297 g/mol. The Bertz CT molecular complexity index is 525. The van der Waals surface area contributed by atoms with Gasteiger partial charge >= 0.3 is 0 Å². The minimum absolute atomic E-state index is 0.140. The van der Waals surface area contributed by atoms with E-state index in [9.17, 15) is 8.42 Å². The van der Waals surface area contributed by atoms with Gasteiger partial charge in [0.25, 0.3) is 0 Å². The smallest absolute Gasteiger partial charge is 0.213 e. The van der Waals surface area contributed by atoms with E-state index in [4.69, 9.17) is 0 Å². The van der Waals surface area contributed by atoms with Crippen LogP contribution in [-0.4, -0.2) is 20.2 Å². The van der Waals surface area contributed by atoms with E-state index in [1.54, 1.807) is 13.8 Å². The number of sulfonamides is 1. The third-order valence-corrected chi connectivity index (χ3v) is 5.37. The summed E-state index contributed by atoms with van der Waals surface area (Å²) in [5.74, 6) is 0.164. The van der Waals surface area contributed by atoms with Crippen LogP contribution in [0.15, 0.2) is 24.3 Å². The molecule has 0 amide bonds.